The molecule has 0 unspecified atom stereocenters. The number of ether oxygens (including phenoxy) is 1. The third-order valence-electron chi connectivity index (χ3n) is 6.15. The highest BCUT2D eigenvalue weighted by molar-refractivity contribution is 6.45. The molecule has 1 aromatic heterocycles. The molecule has 5 N–H and O–H groups in total. The Morgan fingerprint density at radius 2 is 1.93 bits per heavy atom. The molecular weight excluding hydrogens is 381 g/mol. The highest BCUT2D eigenvalue weighted by atomic mass is 16.5. The van der Waals surface area contributed by atoms with Crippen LogP contribution in [-0.4, -0.2) is 45.1 Å². The molecule has 2 aliphatic carbocycles. The number of nitrogen functional groups attached to an aromatic ring is 1. The number of oxime groups is 1. The second kappa shape index (κ2) is 7.88. The second-order valence-corrected chi connectivity index (χ2v) is 8.70. The summed E-state index contributed by atoms with van der Waals surface area (Å²) in [4.78, 5) is 8.60. The topological polar surface area (TPSA) is 126 Å². The SMILES string of the molecule is CB(O)NC1CCC(Oc2ccc3c(c2)C(=NO)C(C)(C)c2c(N)ncnc2-3)CC1. The summed E-state index contributed by atoms with van der Waals surface area (Å²) in [7, 11) is -0.492. The van der Waals surface area contributed by atoms with Crippen molar-refractivity contribution < 1.29 is 15.0 Å². The molecule has 30 heavy (non-hydrogen) atoms. The van der Waals surface area contributed by atoms with Gasteiger partial charge in [0.2, 0.25) is 0 Å². The molecule has 8 nitrogen and oxygen atoms in total. The van der Waals surface area contributed by atoms with E-state index in [1.54, 1.807) is 6.82 Å². The van der Waals surface area contributed by atoms with Gasteiger partial charge in [-0.2, -0.15) is 0 Å². The van der Waals surface area contributed by atoms with Gasteiger partial charge in [0, 0.05) is 22.1 Å². The lowest BCUT2D eigenvalue weighted by Gasteiger charge is -2.35. The minimum absolute atomic E-state index is 0.117. The summed E-state index contributed by atoms with van der Waals surface area (Å²) in [6, 6.07) is 6.11. The van der Waals surface area contributed by atoms with Crippen molar-refractivity contribution in [3.8, 4) is 17.0 Å². The van der Waals surface area contributed by atoms with Crippen molar-refractivity contribution in [1.82, 2.24) is 15.2 Å². The number of aromatic nitrogens is 2. The van der Waals surface area contributed by atoms with Crippen LogP contribution in [0.3, 0.4) is 0 Å². The van der Waals surface area contributed by atoms with E-state index in [1.165, 1.54) is 6.33 Å². The summed E-state index contributed by atoms with van der Waals surface area (Å²) in [5.41, 5.74) is 9.18. The van der Waals surface area contributed by atoms with Gasteiger partial charge in [0.15, 0.2) is 0 Å². The molecule has 0 radical (unpaired) electrons. The molecule has 0 saturated heterocycles. The van der Waals surface area contributed by atoms with Crippen LogP contribution < -0.4 is 15.7 Å². The van der Waals surface area contributed by atoms with Crippen LogP contribution in [-0.2, 0) is 5.41 Å². The third kappa shape index (κ3) is 3.63. The third-order valence-corrected chi connectivity index (χ3v) is 6.15. The zero-order valence-electron chi connectivity index (χ0n) is 17.6. The summed E-state index contributed by atoms with van der Waals surface area (Å²) < 4.78 is 6.26. The van der Waals surface area contributed by atoms with Gasteiger partial charge in [0.05, 0.1) is 17.5 Å². The number of hydrogen-bond donors (Lipinski definition) is 4. The molecule has 158 valence electrons. The largest absolute Gasteiger partial charge is 0.490 e. The van der Waals surface area contributed by atoms with Crippen LogP contribution in [0.2, 0.25) is 6.82 Å². The number of fused-ring (bicyclic) bond motifs is 3. The molecule has 1 aromatic carbocycles. The highest BCUT2D eigenvalue weighted by Gasteiger charge is 2.40. The van der Waals surface area contributed by atoms with Gasteiger partial charge in [-0.15, -0.1) is 0 Å². The number of nitrogens with zero attached hydrogens (tertiary/aromatic N) is 3. The molecular formula is C21H28BN5O3. The molecule has 0 amide bonds. The highest BCUT2D eigenvalue weighted by Crippen LogP contribution is 2.45. The van der Waals surface area contributed by atoms with Crippen molar-refractivity contribution in [2.75, 3.05) is 5.73 Å². The van der Waals surface area contributed by atoms with Gasteiger partial charge in [0.1, 0.15) is 17.9 Å². The van der Waals surface area contributed by atoms with E-state index in [4.69, 9.17) is 10.5 Å². The standard InChI is InChI=1S/C21H28BN5O3/c1-21(2)17-18(24-11-25-20(17)23)15-9-8-14(10-16(15)19(21)27-29)30-13-6-4-12(5-7-13)26-22(3)28/h8-13,26,28-29H,4-7H2,1-3H3,(H2,23,24,25). The molecule has 0 spiro atoms. The molecule has 9 heteroatoms. The predicted molar refractivity (Wildman–Crippen MR) is 117 cm³/mol. The van der Waals surface area contributed by atoms with E-state index in [0.29, 0.717) is 17.6 Å². The van der Waals surface area contributed by atoms with Crippen LogP contribution in [0, 0.1) is 0 Å². The van der Waals surface area contributed by atoms with E-state index in [2.05, 4.69) is 20.4 Å². The number of anilines is 1. The first-order valence-electron chi connectivity index (χ1n) is 10.4. The van der Waals surface area contributed by atoms with Crippen LogP contribution in [0.1, 0.15) is 50.7 Å². The van der Waals surface area contributed by atoms with E-state index >= 15 is 0 Å². The van der Waals surface area contributed by atoms with Gasteiger partial charge >= 0.3 is 7.05 Å². The summed E-state index contributed by atoms with van der Waals surface area (Å²) in [6.45, 7) is 5.65. The van der Waals surface area contributed by atoms with Crippen LogP contribution >= 0.6 is 0 Å². The summed E-state index contributed by atoms with van der Waals surface area (Å²) in [5.74, 6) is 1.13. The fourth-order valence-corrected chi connectivity index (χ4v) is 4.73. The predicted octanol–water partition coefficient (Wildman–Crippen LogP) is 2.59. The van der Waals surface area contributed by atoms with Crippen LogP contribution in [0.4, 0.5) is 5.82 Å². The summed E-state index contributed by atoms with van der Waals surface area (Å²) in [6.07, 6.45) is 5.33. The molecule has 0 bridgehead atoms. The Hall–Kier alpha value is -2.65. The average Bonchev–Trinajstić information content (AvgIpc) is 2.69. The zero-order valence-corrected chi connectivity index (χ0v) is 17.6. The van der Waals surface area contributed by atoms with E-state index in [9.17, 15) is 10.2 Å². The number of nitrogens with two attached hydrogens (primary N) is 1. The second-order valence-electron chi connectivity index (χ2n) is 8.70. The minimum Gasteiger partial charge on any atom is -0.490 e. The minimum atomic E-state index is -0.647. The van der Waals surface area contributed by atoms with Gasteiger partial charge in [-0.05, 0) is 70.6 Å². The Labute approximate surface area is 176 Å². The van der Waals surface area contributed by atoms with Gasteiger partial charge in [-0.25, -0.2) is 9.97 Å². The van der Waals surface area contributed by atoms with E-state index in [0.717, 1.165) is 53.8 Å². The molecule has 2 aliphatic rings. The van der Waals surface area contributed by atoms with Gasteiger partial charge in [-0.1, -0.05) is 5.16 Å². The van der Waals surface area contributed by atoms with Gasteiger partial charge in [-0.3, -0.25) is 0 Å². The molecule has 4 rings (SSSR count). The van der Waals surface area contributed by atoms with Gasteiger partial charge < -0.3 is 25.9 Å². The number of nitrogens with one attached hydrogen (secondary N) is 1. The maximum absolute atomic E-state index is 9.84. The first-order chi connectivity index (χ1) is 14.3. The maximum atomic E-state index is 9.84. The molecule has 1 heterocycles. The average molecular weight is 409 g/mol. The zero-order chi connectivity index (χ0) is 21.5. The smallest absolute Gasteiger partial charge is 0.373 e. The Bertz CT molecular complexity index is 971. The number of benzene rings is 1. The van der Waals surface area contributed by atoms with Crippen LogP contribution in [0.15, 0.2) is 29.7 Å². The fourth-order valence-electron chi connectivity index (χ4n) is 4.73. The maximum Gasteiger partial charge on any atom is 0.373 e. The van der Waals surface area contributed by atoms with Crippen molar-refractivity contribution in [1.29, 1.82) is 0 Å². The normalized spacial score (nSPS) is 23.5. The Morgan fingerprint density at radius 3 is 2.60 bits per heavy atom. The first-order valence-corrected chi connectivity index (χ1v) is 10.4. The summed E-state index contributed by atoms with van der Waals surface area (Å²) >= 11 is 0. The van der Waals surface area contributed by atoms with Gasteiger partial charge in [0.25, 0.3) is 0 Å². The van der Waals surface area contributed by atoms with Crippen molar-refractivity contribution in [2.45, 2.75) is 63.9 Å². The van der Waals surface area contributed by atoms with E-state index in [1.807, 2.05) is 32.0 Å². The number of hydrogen-bond acceptors (Lipinski definition) is 8. The quantitative estimate of drug-likeness (QED) is 0.347. The van der Waals surface area contributed by atoms with E-state index in [-0.39, 0.29) is 6.10 Å². The lowest BCUT2D eigenvalue weighted by molar-refractivity contribution is 0.143. The first kappa shape index (κ1) is 20.6. The number of rotatable bonds is 4. The van der Waals surface area contributed by atoms with Crippen molar-refractivity contribution >= 4 is 18.6 Å². The van der Waals surface area contributed by atoms with Crippen molar-refractivity contribution in [2.24, 2.45) is 5.16 Å². The molecule has 0 atom stereocenters. The monoisotopic (exact) mass is 409 g/mol. The summed E-state index contributed by atoms with van der Waals surface area (Å²) in [5, 5.41) is 26.1. The van der Waals surface area contributed by atoms with Crippen LogP contribution in [0.25, 0.3) is 11.3 Å². The molecule has 2 aromatic rings. The lowest BCUT2D eigenvalue weighted by atomic mass is 9.70. The Kier molecular flexibility index (Phi) is 5.42. The molecule has 1 fully saturated rings. The van der Waals surface area contributed by atoms with Crippen molar-refractivity contribution in [3.63, 3.8) is 0 Å². The van der Waals surface area contributed by atoms with Crippen LogP contribution in [0.5, 0.6) is 5.75 Å². The van der Waals surface area contributed by atoms with E-state index < -0.39 is 12.5 Å². The Morgan fingerprint density at radius 1 is 1.20 bits per heavy atom. The molecule has 0 aliphatic heterocycles. The Balaban J connectivity index is 1.61. The lowest BCUT2D eigenvalue weighted by Crippen LogP contribution is -2.43. The fraction of sp³-hybridized carbons (Fsp3) is 0.476. The molecule has 1 saturated carbocycles. The van der Waals surface area contributed by atoms with Crippen molar-refractivity contribution in [3.05, 3.63) is 35.7 Å².